The van der Waals surface area contributed by atoms with Gasteiger partial charge in [-0.25, -0.2) is 14.4 Å². The third kappa shape index (κ3) is 5.36. The Balaban J connectivity index is 1.50. The lowest BCUT2D eigenvalue weighted by molar-refractivity contribution is 0.0952. The lowest BCUT2D eigenvalue weighted by Crippen LogP contribution is -2.26. The van der Waals surface area contributed by atoms with Gasteiger partial charge in [-0.05, 0) is 31.4 Å². The van der Waals surface area contributed by atoms with Crippen molar-refractivity contribution in [2.24, 2.45) is 0 Å². The maximum atomic E-state index is 13.7. The highest BCUT2D eigenvalue weighted by Gasteiger charge is 2.11. The molecule has 3 aromatic rings. The van der Waals surface area contributed by atoms with Gasteiger partial charge in [-0.15, -0.1) is 0 Å². The van der Waals surface area contributed by atoms with Crippen LogP contribution < -0.4 is 10.6 Å². The summed E-state index contributed by atoms with van der Waals surface area (Å²) in [7, 11) is 0. The smallest absolute Gasteiger partial charge is 0.254 e. The fourth-order valence-corrected chi connectivity index (χ4v) is 2.83. The van der Waals surface area contributed by atoms with Gasteiger partial charge in [-0.1, -0.05) is 48.5 Å². The molecule has 0 atom stereocenters. The fourth-order valence-electron chi connectivity index (χ4n) is 2.83. The Hall–Kier alpha value is -3.28. The minimum absolute atomic E-state index is 0.189. The van der Waals surface area contributed by atoms with E-state index < -0.39 is 0 Å². The zero-order valence-electron chi connectivity index (χ0n) is 15.8. The summed E-state index contributed by atoms with van der Waals surface area (Å²) in [5.41, 5.74) is 2.80. The lowest BCUT2D eigenvalue weighted by atomic mass is 10.1. The second-order valence-electron chi connectivity index (χ2n) is 6.48. The lowest BCUT2D eigenvalue weighted by Gasteiger charge is -2.10. The summed E-state index contributed by atoms with van der Waals surface area (Å²) in [5, 5.41) is 5.89. The molecule has 0 saturated carbocycles. The number of aromatic nitrogens is 2. The minimum atomic E-state index is -0.279. The van der Waals surface area contributed by atoms with Crippen molar-refractivity contribution < 1.29 is 9.18 Å². The predicted octanol–water partition coefficient (Wildman–Crippen LogP) is 3.90. The molecule has 6 heteroatoms. The van der Waals surface area contributed by atoms with Crippen LogP contribution in [0.1, 0.15) is 33.6 Å². The molecular formula is C22H23FN4O. The van der Waals surface area contributed by atoms with Gasteiger partial charge in [0.15, 0.2) is 0 Å². The maximum Gasteiger partial charge on any atom is 0.254 e. The molecule has 0 fully saturated rings. The average molecular weight is 378 g/mol. The van der Waals surface area contributed by atoms with Crippen LogP contribution in [0, 0.1) is 12.7 Å². The summed E-state index contributed by atoms with van der Waals surface area (Å²) in [4.78, 5) is 20.8. The third-order valence-electron chi connectivity index (χ3n) is 4.39. The molecule has 1 heterocycles. The number of nitrogens with one attached hydrogen (secondary N) is 2. The first-order valence-corrected chi connectivity index (χ1v) is 9.26. The van der Waals surface area contributed by atoms with Crippen molar-refractivity contribution in [1.82, 2.24) is 15.3 Å². The summed E-state index contributed by atoms with van der Waals surface area (Å²) in [6.07, 6.45) is 3.27. The molecule has 0 bridgehead atoms. The van der Waals surface area contributed by atoms with Crippen LogP contribution in [0.4, 0.5) is 10.3 Å². The van der Waals surface area contributed by atoms with E-state index in [0.717, 1.165) is 12.8 Å². The van der Waals surface area contributed by atoms with Crippen LogP contribution in [0.15, 0.2) is 60.8 Å². The average Bonchev–Trinajstić information content (AvgIpc) is 2.71. The Morgan fingerprint density at radius 2 is 1.82 bits per heavy atom. The van der Waals surface area contributed by atoms with Gasteiger partial charge in [-0.2, -0.15) is 0 Å². The number of hydrogen-bond acceptors (Lipinski definition) is 4. The first-order chi connectivity index (χ1) is 13.6. The van der Waals surface area contributed by atoms with Gasteiger partial charge in [0, 0.05) is 24.8 Å². The zero-order chi connectivity index (χ0) is 19.8. The summed E-state index contributed by atoms with van der Waals surface area (Å²) >= 11 is 0. The number of rotatable bonds is 8. The van der Waals surface area contributed by atoms with Crippen LogP contribution in [0.3, 0.4) is 0 Å². The van der Waals surface area contributed by atoms with Crippen LogP contribution in [-0.2, 0) is 13.0 Å². The summed E-state index contributed by atoms with van der Waals surface area (Å²) in [5.74, 6) is -0.106. The first-order valence-electron chi connectivity index (χ1n) is 9.26. The molecule has 0 aliphatic rings. The Morgan fingerprint density at radius 1 is 1.07 bits per heavy atom. The van der Waals surface area contributed by atoms with Crippen LogP contribution in [-0.4, -0.2) is 22.4 Å². The van der Waals surface area contributed by atoms with Crippen molar-refractivity contribution in [2.75, 3.05) is 11.9 Å². The molecule has 1 amide bonds. The molecule has 2 N–H and O–H groups in total. The van der Waals surface area contributed by atoms with E-state index >= 15 is 0 Å². The molecule has 5 nitrogen and oxygen atoms in total. The number of carbonyl (C=O) groups excluding carboxylic acids is 1. The van der Waals surface area contributed by atoms with Crippen molar-refractivity contribution in [2.45, 2.75) is 26.3 Å². The van der Waals surface area contributed by atoms with E-state index in [9.17, 15) is 9.18 Å². The van der Waals surface area contributed by atoms with Crippen LogP contribution >= 0.6 is 0 Å². The Kier molecular flexibility index (Phi) is 6.68. The number of halogens is 1. The number of amides is 1. The second-order valence-corrected chi connectivity index (χ2v) is 6.48. The van der Waals surface area contributed by atoms with Gasteiger partial charge in [-0.3, -0.25) is 4.79 Å². The molecule has 1 aromatic heterocycles. The first kappa shape index (κ1) is 19.5. The number of nitrogens with zero attached hydrogens (tertiary/aromatic N) is 2. The summed E-state index contributed by atoms with van der Waals surface area (Å²) in [6, 6.07) is 16.7. The molecular weight excluding hydrogens is 355 g/mol. The molecule has 2 aromatic carbocycles. The molecule has 0 aliphatic heterocycles. The highest BCUT2D eigenvalue weighted by Crippen LogP contribution is 2.11. The van der Waals surface area contributed by atoms with Crippen LogP contribution in [0.5, 0.6) is 0 Å². The number of benzene rings is 2. The van der Waals surface area contributed by atoms with E-state index in [-0.39, 0.29) is 18.3 Å². The van der Waals surface area contributed by atoms with E-state index in [2.05, 4.69) is 32.7 Å². The van der Waals surface area contributed by atoms with Gasteiger partial charge in [0.05, 0.1) is 11.3 Å². The molecule has 0 radical (unpaired) electrons. The molecule has 0 unspecified atom stereocenters. The van der Waals surface area contributed by atoms with Crippen molar-refractivity contribution in [3.05, 3.63) is 89.0 Å². The Labute approximate surface area is 164 Å². The SMILES string of the molecule is Cc1nc(NCc2ccccc2F)ncc1C(=O)NCCCc1ccccc1. The van der Waals surface area contributed by atoms with Crippen LogP contribution in [0.25, 0.3) is 0 Å². The minimum Gasteiger partial charge on any atom is -0.352 e. The van der Waals surface area contributed by atoms with Crippen LogP contribution in [0.2, 0.25) is 0 Å². The topological polar surface area (TPSA) is 66.9 Å². The van der Waals surface area contributed by atoms with Crippen molar-refractivity contribution >= 4 is 11.9 Å². The Morgan fingerprint density at radius 3 is 2.57 bits per heavy atom. The summed E-state index contributed by atoms with van der Waals surface area (Å²) < 4.78 is 13.7. The highest BCUT2D eigenvalue weighted by atomic mass is 19.1. The normalized spacial score (nSPS) is 10.5. The van der Waals surface area contributed by atoms with E-state index in [0.29, 0.717) is 29.3 Å². The molecule has 0 spiro atoms. The highest BCUT2D eigenvalue weighted by molar-refractivity contribution is 5.94. The predicted molar refractivity (Wildman–Crippen MR) is 108 cm³/mol. The second kappa shape index (κ2) is 9.60. The molecule has 3 rings (SSSR count). The van der Waals surface area contributed by atoms with Gasteiger partial charge in [0.1, 0.15) is 5.82 Å². The number of hydrogen-bond donors (Lipinski definition) is 2. The van der Waals surface area contributed by atoms with Gasteiger partial charge in [0.2, 0.25) is 5.95 Å². The van der Waals surface area contributed by atoms with Crippen molar-refractivity contribution in [3.8, 4) is 0 Å². The largest absolute Gasteiger partial charge is 0.352 e. The maximum absolute atomic E-state index is 13.7. The quantitative estimate of drug-likeness (QED) is 0.584. The molecule has 0 saturated heterocycles. The van der Waals surface area contributed by atoms with Gasteiger partial charge in [0.25, 0.3) is 5.91 Å². The standard InChI is InChI=1S/C22H23FN4O/c1-16-19(21(28)24-13-7-10-17-8-3-2-4-9-17)15-26-22(27-16)25-14-18-11-5-6-12-20(18)23/h2-6,8-9,11-12,15H,7,10,13-14H2,1H3,(H,24,28)(H,25,26,27). The van der Waals surface area contributed by atoms with Crippen molar-refractivity contribution in [3.63, 3.8) is 0 Å². The van der Waals surface area contributed by atoms with E-state index in [4.69, 9.17) is 0 Å². The zero-order valence-corrected chi connectivity index (χ0v) is 15.8. The monoisotopic (exact) mass is 378 g/mol. The molecule has 28 heavy (non-hydrogen) atoms. The van der Waals surface area contributed by atoms with E-state index in [1.807, 2.05) is 18.2 Å². The fraction of sp³-hybridized carbons (Fsp3) is 0.227. The number of anilines is 1. The van der Waals surface area contributed by atoms with E-state index in [1.54, 1.807) is 25.1 Å². The molecule has 0 aliphatic carbocycles. The Bertz CT molecular complexity index is 931. The van der Waals surface area contributed by atoms with Crippen molar-refractivity contribution in [1.29, 1.82) is 0 Å². The number of aryl methyl sites for hydroxylation is 2. The number of carbonyl (C=O) groups is 1. The van der Waals surface area contributed by atoms with Gasteiger partial charge < -0.3 is 10.6 Å². The third-order valence-corrected chi connectivity index (χ3v) is 4.39. The van der Waals surface area contributed by atoms with Gasteiger partial charge >= 0.3 is 0 Å². The van der Waals surface area contributed by atoms with E-state index in [1.165, 1.54) is 17.8 Å². The summed E-state index contributed by atoms with van der Waals surface area (Å²) in [6.45, 7) is 2.62. The molecule has 144 valence electrons.